The van der Waals surface area contributed by atoms with Crippen LogP contribution in [0.2, 0.25) is 4.34 Å². The van der Waals surface area contributed by atoms with Crippen LogP contribution in [-0.4, -0.2) is 68.8 Å². The van der Waals surface area contributed by atoms with Crippen LogP contribution in [0, 0.1) is 0 Å². The molecule has 13 heteroatoms. The number of thiophene rings is 1. The number of amides is 3. The number of nitrogens with zero attached hydrogens (tertiary/aromatic N) is 2. The molecule has 0 radical (unpaired) electrons. The van der Waals surface area contributed by atoms with Crippen LogP contribution in [-0.2, 0) is 19.1 Å². The van der Waals surface area contributed by atoms with Crippen LogP contribution < -0.4 is 26.2 Å². The molecule has 11 nitrogen and oxygen atoms in total. The lowest BCUT2D eigenvalue weighted by molar-refractivity contribution is -0.144. The number of ether oxygens (including phenoxy) is 2. The lowest BCUT2D eigenvalue weighted by atomic mass is 10.2. The molecule has 38 heavy (non-hydrogen) atoms. The molecule has 3 heterocycles. The van der Waals surface area contributed by atoms with Gasteiger partial charge in [0.15, 0.2) is 0 Å². The average molecular weight is 564 g/mol. The molecule has 2 fully saturated rings. The highest BCUT2D eigenvalue weighted by molar-refractivity contribution is 7.18. The number of carbonyl (C=O) groups excluding carboxylic acids is 4. The zero-order valence-electron chi connectivity index (χ0n) is 20.9. The summed E-state index contributed by atoms with van der Waals surface area (Å²) < 4.78 is 10.9. The molecule has 2 aromatic rings. The van der Waals surface area contributed by atoms with Gasteiger partial charge < -0.3 is 30.7 Å². The number of nitrogens with two attached hydrogens (primary N) is 1. The van der Waals surface area contributed by atoms with Crippen molar-refractivity contribution < 1.29 is 28.7 Å². The van der Waals surface area contributed by atoms with Gasteiger partial charge in [0.1, 0.15) is 6.10 Å². The van der Waals surface area contributed by atoms with Crippen molar-refractivity contribution in [3.05, 3.63) is 39.5 Å². The first-order chi connectivity index (χ1) is 18.2. The molecule has 0 saturated carbocycles. The minimum atomic E-state index is -0.557. The summed E-state index contributed by atoms with van der Waals surface area (Å²) >= 11 is 7.06. The maximum absolute atomic E-state index is 12.7. The van der Waals surface area contributed by atoms with Gasteiger partial charge in [0.2, 0.25) is 5.91 Å². The van der Waals surface area contributed by atoms with Gasteiger partial charge in [0.05, 0.1) is 46.7 Å². The molecule has 0 bridgehead atoms. The summed E-state index contributed by atoms with van der Waals surface area (Å²) in [6.45, 7) is 3.68. The van der Waals surface area contributed by atoms with Crippen LogP contribution in [0.5, 0.6) is 0 Å². The second kappa shape index (κ2) is 12.5. The zero-order valence-corrected chi connectivity index (χ0v) is 22.5. The molecule has 2 saturated heterocycles. The highest BCUT2D eigenvalue weighted by Crippen LogP contribution is 2.34. The molecule has 2 aliphatic rings. The van der Waals surface area contributed by atoms with Crippen LogP contribution in [0.1, 0.15) is 35.9 Å². The van der Waals surface area contributed by atoms with Crippen molar-refractivity contribution in [2.24, 2.45) is 5.73 Å². The minimum absolute atomic E-state index is 0.0248. The smallest absolute Gasteiger partial charge is 0.414 e. The largest absolute Gasteiger partial charge is 0.466 e. The van der Waals surface area contributed by atoms with E-state index in [0.29, 0.717) is 27.1 Å². The van der Waals surface area contributed by atoms with Crippen molar-refractivity contribution in [1.29, 1.82) is 0 Å². The Morgan fingerprint density at radius 2 is 2.03 bits per heavy atom. The number of hydrogen-bond acceptors (Lipinski definition) is 9. The Hall–Kier alpha value is -3.35. The maximum atomic E-state index is 12.7. The monoisotopic (exact) mass is 563 g/mol. The Morgan fingerprint density at radius 1 is 1.21 bits per heavy atom. The summed E-state index contributed by atoms with van der Waals surface area (Å²) in [6.07, 6.45) is -0.362. The number of carbonyl (C=O) groups is 4. The number of benzene rings is 1. The molecule has 4 rings (SSSR count). The first-order valence-corrected chi connectivity index (χ1v) is 13.5. The number of esters is 1. The fourth-order valence-electron chi connectivity index (χ4n) is 4.30. The van der Waals surface area contributed by atoms with Gasteiger partial charge in [-0.1, -0.05) is 11.6 Å². The van der Waals surface area contributed by atoms with Crippen molar-refractivity contribution in [3.8, 4) is 0 Å². The van der Waals surface area contributed by atoms with Gasteiger partial charge in [-0.25, -0.2) is 4.79 Å². The van der Waals surface area contributed by atoms with E-state index < -0.39 is 18.2 Å². The molecular weight excluding hydrogens is 534 g/mol. The van der Waals surface area contributed by atoms with Gasteiger partial charge in [0.25, 0.3) is 5.91 Å². The molecule has 0 spiro atoms. The van der Waals surface area contributed by atoms with E-state index in [9.17, 15) is 19.2 Å². The number of hydrogen-bond donors (Lipinski definition) is 3. The third-order valence-electron chi connectivity index (χ3n) is 6.15. The van der Waals surface area contributed by atoms with E-state index >= 15 is 0 Å². The van der Waals surface area contributed by atoms with Crippen LogP contribution >= 0.6 is 22.9 Å². The zero-order chi connectivity index (χ0) is 27.2. The van der Waals surface area contributed by atoms with Crippen molar-refractivity contribution in [2.75, 3.05) is 47.9 Å². The average Bonchev–Trinajstić information content (AvgIpc) is 3.61. The predicted octanol–water partition coefficient (Wildman–Crippen LogP) is 2.98. The normalized spacial score (nSPS) is 18.9. The van der Waals surface area contributed by atoms with Crippen molar-refractivity contribution in [1.82, 2.24) is 5.32 Å². The Labute approximate surface area is 229 Å². The summed E-state index contributed by atoms with van der Waals surface area (Å²) in [7, 11) is 0. The highest BCUT2D eigenvalue weighted by Gasteiger charge is 2.33. The van der Waals surface area contributed by atoms with E-state index in [1.54, 1.807) is 31.2 Å². The molecule has 204 valence electrons. The fourth-order valence-corrected chi connectivity index (χ4v) is 5.26. The number of halogens is 1. The summed E-state index contributed by atoms with van der Waals surface area (Å²) in [5, 5.41) is 5.64. The number of cyclic esters (lactones) is 1. The summed E-state index contributed by atoms with van der Waals surface area (Å²) in [4.78, 5) is 53.3. The van der Waals surface area contributed by atoms with Gasteiger partial charge in [0, 0.05) is 31.2 Å². The Bertz CT molecular complexity index is 1210. The van der Waals surface area contributed by atoms with E-state index in [1.165, 1.54) is 4.90 Å². The molecular formula is C25H30ClN5O6S. The standard InChI is InChI=1S/C25H30ClN5O6S/c1-2-36-23(33)8-7-22(32)29-18-11-16(3-4-19(18)30-10-9-15(27)13-30)31-14-17(37-25(31)35)12-28-24(34)20-5-6-21(26)38-20/h3-6,11,15,17H,2,7-10,12-14,27H2,1H3,(H,28,34)(H,29,32). The third kappa shape index (κ3) is 6.94. The van der Waals surface area contributed by atoms with Gasteiger partial charge in [-0.2, -0.15) is 0 Å². The van der Waals surface area contributed by atoms with E-state index in [-0.39, 0.29) is 50.4 Å². The van der Waals surface area contributed by atoms with Crippen LogP contribution in [0.4, 0.5) is 21.9 Å². The Balaban J connectivity index is 1.44. The molecule has 3 amide bonds. The quantitative estimate of drug-likeness (QED) is 0.374. The van der Waals surface area contributed by atoms with E-state index in [1.807, 2.05) is 6.07 Å². The first kappa shape index (κ1) is 27.7. The maximum Gasteiger partial charge on any atom is 0.414 e. The lowest BCUT2D eigenvalue weighted by Gasteiger charge is -2.24. The topological polar surface area (TPSA) is 143 Å². The van der Waals surface area contributed by atoms with Gasteiger partial charge in [-0.05, 0) is 43.7 Å². The van der Waals surface area contributed by atoms with Crippen molar-refractivity contribution >= 4 is 63.9 Å². The Kier molecular flexibility index (Phi) is 9.08. The highest BCUT2D eigenvalue weighted by atomic mass is 35.5. The lowest BCUT2D eigenvalue weighted by Crippen LogP contribution is -2.34. The molecule has 1 aromatic heterocycles. The SMILES string of the molecule is CCOC(=O)CCC(=O)Nc1cc(N2CC(CNC(=O)c3ccc(Cl)s3)OC2=O)ccc1N1CCC(N)C1. The second-order valence-electron chi connectivity index (χ2n) is 8.98. The molecule has 0 aliphatic carbocycles. The summed E-state index contributed by atoms with van der Waals surface area (Å²) in [5.41, 5.74) is 7.90. The molecule has 1 aromatic carbocycles. The number of anilines is 3. The fraction of sp³-hybridized carbons (Fsp3) is 0.440. The summed E-state index contributed by atoms with van der Waals surface area (Å²) in [6, 6.07) is 8.62. The van der Waals surface area contributed by atoms with E-state index in [0.717, 1.165) is 30.0 Å². The molecule has 2 aliphatic heterocycles. The van der Waals surface area contributed by atoms with E-state index in [4.69, 9.17) is 26.8 Å². The number of nitrogens with one attached hydrogen (secondary N) is 2. The number of rotatable bonds is 10. The van der Waals surface area contributed by atoms with Crippen LogP contribution in [0.25, 0.3) is 0 Å². The molecule has 2 atom stereocenters. The molecule has 2 unspecified atom stereocenters. The van der Waals surface area contributed by atoms with Crippen molar-refractivity contribution in [2.45, 2.75) is 38.3 Å². The summed E-state index contributed by atoms with van der Waals surface area (Å²) in [5.74, 6) is -1.09. The van der Waals surface area contributed by atoms with Gasteiger partial charge in [-0.15, -0.1) is 11.3 Å². The van der Waals surface area contributed by atoms with E-state index in [2.05, 4.69) is 15.5 Å². The van der Waals surface area contributed by atoms with Gasteiger partial charge in [-0.3, -0.25) is 19.3 Å². The van der Waals surface area contributed by atoms with Crippen LogP contribution in [0.15, 0.2) is 30.3 Å². The van der Waals surface area contributed by atoms with Crippen LogP contribution in [0.3, 0.4) is 0 Å². The second-order valence-corrected chi connectivity index (χ2v) is 10.7. The van der Waals surface area contributed by atoms with Gasteiger partial charge >= 0.3 is 12.1 Å². The molecule has 4 N–H and O–H groups in total. The Morgan fingerprint density at radius 3 is 2.71 bits per heavy atom. The first-order valence-electron chi connectivity index (χ1n) is 12.3. The predicted molar refractivity (Wildman–Crippen MR) is 145 cm³/mol. The third-order valence-corrected chi connectivity index (χ3v) is 7.38. The van der Waals surface area contributed by atoms with Crippen molar-refractivity contribution in [3.63, 3.8) is 0 Å². The minimum Gasteiger partial charge on any atom is -0.466 e.